The number of anilines is 1. The lowest BCUT2D eigenvalue weighted by Crippen LogP contribution is -2.06. The van der Waals surface area contributed by atoms with Gasteiger partial charge in [-0.2, -0.15) is 0 Å². The molecule has 0 amide bonds. The molecule has 3 heterocycles. The summed E-state index contributed by atoms with van der Waals surface area (Å²) in [4.78, 5) is 8.79. The zero-order valence-electron chi connectivity index (χ0n) is 12.4. The lowest BCUT2D eigenvalue weighted by atomic mass is 10.1. The molecule has 0 spiro atoms. The number of aliphatic hydroxyl groups is 1. The first-order valence-corrected chi connectivity index (χ1v) is 7.43. The minimum atomic E-state index is 0.146. The zero-order valence-corrected chi connectivity index (χ0v) is 12.4. The van der Waals surface area contributed by atoms with E-state index in [9.17, 15) is 0 Å². The van der Waals surface area contributed by atoms with E-state index in [-0.39, 0.29) is 13.4 Å². The molecule has 7 nitrogen and oxygen atoms in total. The fourth-order valence-corrected chi connectivity index (χ4v) is 2.60. The van der Waals surface area contributed by atoms with Gasteiger partial charge in [-0.3, -0.25) is 4.40 Å². The summed E-state index contributed by atoms with van der Waals surface area (Å²) in [6.45, 7) is 1.05. The first-order chi connectivity index (χ1) is 11.4. The zero-order chi connectivity index (χ0) is 15.6. The average Bonchev–Trinajstić information content (AvgIpc) is 3.21. The van der Waals surface area contributed by atoms with E-state index in [0.717, 1.165) is 28.4 Å². The fraction of sp³-hybridized carbons (Fsp3) is 0.250. The lowest BCUT2D eigenvalue weighted by Gasteiger charge is -2.07. The molecule has 2 N–H and O–H groups in total. The number of ether oxygens (including phenoxy) is 2. The van der Waals surface area contributed by atoms with Crippen LogP contribution >= 0.6 is 0 Å². The first kappa shape index (κ1) is 13.8. The second kappa shape index (κ2) is 5.77. The van der Waals surface area contributed by atoms with E-state index in [0.29, 0.717) is 18.8 Å². The van der Waals surface area contributed by atoms with Crippen LogP contribution in [0.4, 0.5) is 5.82 Å². The number of hydrogen-bond acceptors (Lipinski definition) is 6. The van der Waals surface area contributed by atoms with Gasteiger partial charge in [-0.25, -0.2) is 9.97 Å². The van der Waals surface area contributed by atoms with Crippen molar-refractivity contribution in [3.8, 4) is 22.8 Å². The van der Waals surface area contributed by atoms with E-state index in [1.165, 1.54) is 0 Å². The Morgan fingerprint density at radius 3 is 3.04 bits per heavy atom. The number of nitrogens with zero attached hydrogens (tertiary/aromatic N) is 3. The quantitative estimate of drug-likeness (QED) is 0.701. The SMILES string of the molecule is OCCCNc1nccn2c(-c3ccc4c(c3)OCO4)cnc12. The van der Waals surface area contributed by atoms with E-state index < -0.39 is 0 Å². The molecule has 1 aliphatic heterocycles. The second-order valence-corrected chi connectivity index (χ2v) is 5.18. The Morgan fingerprint density at radius 1 is 1.22 bits per heavy atom. The number of aromatic nitrogens is 3. The molecule has 0 radical (unpaired) electrons. The van der Waals surface area contributed by atoms with Crippen LogP contribution in [0.15, 0.2) is 36.8 Å². The molecule has 23 heavy (non-hydrogen) atoms. The molecule has 0 aliphatic carbocycles. The van der Waals surface area contributed by atoms with Crippen molar-refractivity contribution in [3.63, 3.8) is 0 Å². The van der Waals surface area contributed by atoms with Crippen LogP contribution in [-0.2, 0) is 0 Å². The van der Waals surface area contributed by atoms with E-state index in [1.54, 1.807) is 6.20 Å². The third-order valence-electron chi connectivity index (χ3n) is 3.72. The summed E-state index contributed by atoms with van der Waals surface area (Å²) < 4.78 is 12.8. The summed E-state index contributed by atoms with van der Waals surface area (Å²) >= 11 is 0. The monoisotopic (exact) mass is 312 g/mol. The highest BCUT2D eigenvalue weighted by Gasteiger charge is 2.16. The minimum Gasteiger partial charge on any atom is -0.454 e. The molecule has 4 rings (SSSR count). The molecule has 0 saturated heterocycles. The van der Waals surface area contributed by atoms with Crippen LogP contribution in [0.1, 0.15) is 6.42 Å². The van der Waals surface area contributed by atoms with E-state index in [2.05, 4.69) is 15.3 Å². The maximum absolute atomic E-state index is 8.88. The van der Waals surface area contributed by atoms with Crippen LogP contribution < -0.4 is 14.8 Å². The standard InChI is InChI=1S/C16H16N4O3/c21-7-1-4-17-15-16-19-9-12(20(16)6-5-18-15)11-2-3-13-14(8-11)23-10-22-13/h2-3,5-6,8-9,21H,1,4,7,10H2,(H,17,18). The topological polar surface area (TPSA) is 80.9 Å². The molecular weight excluding hydrogens is 296 g/mol. The second-order valence-electron chi connectivity index (χ2n) is 5.18. The Labute approximate surface area is 132 Å². The molecular formula is C16H16N4O3. The summed E-state index contributed by atoms with van der Waals surface area (Å²) in [6, 6.07) is 5.83. The lowest BCUT2D eigenvalue weighted by molar-refractivity contribution is 0.174. The van der Waals surface area contributed by atoms with E-state index in [4.69, 9.17) is 14.6 Å². The molecule has 0 atom stereocenters. The fourth-order valence-electron chi connectivity index (χ4n) is 2.60. The number of rotatable bonds is 5. The van der Waals surface area contributed by atoms with Crippen LogP contribution in [0.5, 0.6) is 11.5 Å². The van der Waals surface area contributed by atoms with Crippen molar-refractivity contribution in [1.82, 2.24) is 14.4 Å². The molecule has 0 fully saturated rings. The van der Waals surface area contributed by atoms with Crippen molar-refractivity contribution >= 4 is 11.5 Å². The molecule has 0 bridgehead atoms. The van der Waals surface area contributed by atoms with Crippen molar-refractivity contribution in [2.45, 2.75) is 6.42 Å². The molecule has 1 aliphatic rings. The van der Waals surface area contributed by atoms with Gasteiger partial charge in [0.05, 0.1) is 11.9 Å². The summed E-state index contributed by atoms with van der Waals surface area (Å²) in [7, 11) is 0. The normalized spacial score (nSPS) is 12.7. The molecule has 7 heteroatoms. The number of aliphatic hydroxyl groups excluding tert-OH is 1. The largest absolute Gasteiger partial charge is 0.454 e. The van der Waals surface area contributed by atoms with Gasteiger partial charge in [0.2, 0.25) is 6.79 Å². The number of hydrogen-bond donors (Lipinski definition) is 2. The van der Waals surface area contributed by atoms with Crippen LogP contribution in [0.3, 0.4) is 0 Å². The van der Waals surface area contributed by atoms with Crippen molar-refractivity contribution in [2.24, 2.45) is 0 Å². The Kier molecular flexibility index (Phi) is 3.47. The highest BCUT2D eigenvalue weighted by atomic mass is 16.7. The Bertz CT molecular complexity index is 846. The molecule has 1 aromatic carbocycles. The van der Waals surface area contributed by atoms with Gasteiger partial charge in [0.25, 0.3) is 0 Å². The smallest absolute Gasteiger partial charge is 0.231 e. The highest BCUT2D eigenvalue weighted by molar-refractivity contribution is 5.72. The third kappa shape index (κ3) is 2.44. The molecule has 118 valence electrons. The minimum absolute atomic E-state index is 0.146. The van der Waals surface area contributed by atoms with Gasteiger partial charge in [-0.15, -0.1) is 0 Å². The van der Waals surface area contributed by atoms with Gasteiger partial charge in [-0.1, -0.05) is 0 Å². The molecule has 0 saturated carbocycles. The maximum Gasteiger partial charge on any atom is 0.231 e. The van der Waals surface area contributed by atoms with Gasteiger partial charge in [-0.05, 0) is 24.6 Å². The Hall–Kier alpha value is -2.80. The van der Waals surface area contributed by atoms with Gasteiger partial charge in [0.15, 0.2) is 23.0 Å². The van der Waals surface area contributed by atoms with Crippen molar-refractivity contribution in [3.05, 3.63) is 36.8 Å². The van der Waals surface area contributed by atoms with Crippen LogP contribution in [0, 0.1) is 0 Å². The summed E-state index contributed by atoms with van der Waals surface area (Å²) in [6.07, 6.45) is 6.08. The Morgan fingerprint density at radius 2 is 2.13 bits per heavy atom. The van der Waals surface area contributed by atoms with Crippen molar-refractivity contribution < 1.29 is 14.6 Å². The predicted molar refractivity (Wildman–Crippen MR) is 84.7 cm³/mol. The highest BCUT2D eigenvalue weighted by Crippen LogP contribution is 2.36. The third-order valence-corrected chi connectivity index (χ3v) is 3.72. The van der Waals surface area contributed by atoms with Crippen LogP contribution in [-0.4, -0.2) is 39.4 Å². The molecule has 2 aromatic heterocycles. The van der Waals surface area contributed by atoms with Crippen molar-refractivity contribution in [2.75, 3.05) is 25.3 Å². The summed E-state index contributed by atoms with van der Waals surface area (Å²) in [5.74, 6) is 2.20. The van der Waals surface area contributed by atoms with Gasteiger partial charge in [0.1, 0.15) is 0 Å². The number of nitrogens with one attached hydrogen (secondary N) is 1. The van der Waals surface area contributed by atoms with E-state index >= 15 is 0 Å². The predicted octanol–water partition coefficient (Wildman–Crippen LogP) is 1.92. The number of benzene rings is 1. The average molecular weight is 312 g/mol. The Balaban J connectivity index is 1.72. The van der Waals surface area contributed by atoms with Crippen molar-refractivity contribution in [1.29, 1.82) is 0 Å². The van der Waals surface area contributed by atoms with Crippen LogP contribution in [0.2, 0.25) is 0 Å². The van der Waals surface area contributed by atoms with Crippen LogP contribution in [0.25, 0.3) is 16.9 Å². The van der Waals surface area contributed by atoms with Gasteiger partial charge in [0, 0.05) is 31.1 Å². The van der Waals surface area contributed by atoms with E-state index in [1.807, 2.05) is 35.0 Å². The molecule has 3 aromatic rings. The first-order valence-electron chi connectivity index (χ1n) is 7.43. The summed E-state index contributed by atoms with van der Waals surface area (Å²) in [5, 5.41) is 12.1. The van der Waals surface area contributed by atoms with Gasteiger partial charge >= 0.3 is 0 Å². The molecule has 0 unspecified atom stereocenters. The maximum atomic E-state index is 8.88. The number of imidazole rings is 1. The van der Waals surface area contributed by atoms with Gasteiger partial charge < -0.3 is 19.9 Å². The number of fused-ring (bicyclic) bond motifs is 2. The summed E-state index contributed by atoms with van der Waals surface area (Å²) in [5.41, 5.74) is 2.69.